The Kier molecular flexibility index (Phi) is 2.67. The van der Waals surface area contributed by atoms with Gasteiger partial charge in [-0.2, -0.15) is 0 Å². The topological polar surface area (TPSA) is 43.4 Å². The van der Waals surface area contributed by atoms with E-state index in [1.54, 1.807) is 6.07 Å². The van der Waals surface area contributed by atoms with Crippen LogP contribution in [0, 0.1) is 0 Å². The normalized spacial score (nSPS) is 19.9. The van der Waals surface area contributed by atoms with Crippen LogP contribution in [0.3, 0.4) is 0 Å². The summed E-state index contributed by atoms with van der Waals surface area (Å²) >= 11 is 0. The predicted molar refractivity (Wildman–Crippen MR) is 77.4 cm³/mol. The molecule has 2 aromatic carbocycles. The average Bonchev–Trinajstić information content (AvgIpc) is 2.81. The molecule has 1 heterocycles. The molecule has 4 rings (SSSR count). The minimum atomic E-state index is -0.536. The van der Waals surface area contributed by atoms with Gasteiger partial charge in [0.1, 0.15) is 0 Å². The van der Waals surface area contributed by atoms with Crippen molar-refractivity contribution < 1.29 is 14.3 Å². The summed E-state index contributed by atoms with van der Waals surface area (Å²) in [6, 6.07) is 14.0. The highest BCUT2D eigenvalue weighted by Gasteiger charge is 2.31. The third kappa shape index (κ3) is 1.88. The lowest BCUT2D eigenvalue weighted by Crippen LogP contribution is -2.11. The number of benzene rings is 2. The van der Waals surface area contributed by atoms with Gasteiger partial charge in [0.15, 0.2) is 0 Å². The van der Waals surface area contributed by atoms with Crippen LogP contribution in [0.5, 0.6) is 0 Å². The molecule has 0 saturated carbocycles. The van der Waals surface area contributed by atoms with Crippen molar-refractivity contribution in [3.8, 4) is 0 Å². The zero-order chi connectivity index (χ0) is 14.4. The molecule has 0 amide bonds. The molecule has 1 aliphatic heterocycles. The van der Waals surface area contributed by atoms with E-state index in [-0.39, 0.29) is 0 Å². The van der Waals surface area contributed by atoms with Gasteiger partial charge in [0.05, 0.1) is 11.1 Å². The Morgan fingerprint density at radius 3 is 2.67 bits per heavy atom. The van der Waals surface area contributed by atoms with Crippen molar-refractivity contribution in [2.45, 2.75) is 25.2 Å². The van der Waals surface area contributed by atoms with Gasteiger partial charge in [0.25, 0.3) is 0 Å². The Balaban J connectivity index is 1.81. The standard InChI is InChI=1S/C18H14O3/c19-17-15-9-8-12(10-16(15)18(20)21-17)14-7-3-5-11-4-1-2-6-13(11)14/h1-2,4,6,8-10,14H,3,5,7H2. The van der Waals surface area contributed by atoms with Gasteiger partial charge in [0, 0.05) is 5.92 Å². The third-order valence-electron chi connectivity index (χ3n) is 4.44. The molecule has 0 spiro atoms. The number of hydrogen-bond donors (Lipinski definition) is 0. The lowest BCUT2D eigenvalue weighted by Gasteiger charge is -2.26. The lowest BCUT2D eigenvalue weighted by atomic mass is 9.78. The molecular formula is C18H14O3. The van der Waals surface area contributed by atoms with Crippen molar-refractivity contribution in [2.75, 3.05) is 0 Å². The number of fused-ring (bicyclic) bond motifs is 2. The molecule has 1 aliphatic carbocycles. The summed E-state index contributed by atoms with van der Waals surface area (Å²) in [6.07, 6.45) is 3.32. The second-order valence-electron chi connectivity index (χ2n) is 5.63. The van der Waals surface area contributed by atoms with Crippen LogP contribution >= 0.6 is 0 Å². The molecule has 2 aliphatic rings. The van der Waals surface area contributed by atoms with Crippen LogP contribution in [0.1, 0.15) is 56.2 Å². The van der Waals surface area contributed by atoms with E-state index in [4.69, 9.17) is 0 Å². The summed E-state index contributed by atoms with van der Waals surface area (Å²) in [7, 11) is 0. The molecule has 0 N–H and O–H groups in total. The SMILES string of the molecule is O=C1OC(=O)c2cc(C3CCCc4ccccc43)ccc21. The van der Waals surface area contributed by atoms with Crippen molar-refractivity contribution >= 4 is 11.9 Å². The molecule has 0 radical (unpaired) electrons. The van der Waals surface area contributed by atoms with Crippen molar-refractivity contribution in [2.24, 2.45) is 0 Å². The van der Waals surface area contributed by atoms with Gasteiger partial charge in [-0.15, -0.1) is 0 Å². The van der Waals surface area contributed by atoms with Crippen LogP contribution in [0.4, 0.5) is 0 Å². The average molecular weight is 278 g/mol. The van der Waals surface area contributed by atoms with Gasteiger partial charge in [-0.1, -0.05) is 30.3 Å². The number of carbonyl (C=O) groups is 2. The Labute approximate surface area is 122 Å². The van der Waals surface area contributed by atoms with Crippen molar-refractivity contribution in [1.82, 2.24) is 0 Å². The van der Waals surface area contributed by atoms with Crippen molar-refractivity contribution in [3.05, 3.63) is 70.3 Å². The van der Waals surface area contributed by atoms with E-state index in [9.17, 15) is 9.59 Å². The van der Waals surface area contributed by atoms with Gasteiger partial charge in [0.2, 0.25) is 0 Å². The number of rotatable bonds is 1. The molecule has 0 aromatic heterocycles. The first-order valence-corrected chi connectivity index (χ1v) is 7.22. The van der Waals surface area contributed by atoms with Crippen LogP contribution in [0.2, 0.25) is 0 Å². The number of esters is 2. The molecule has 1 atom stereocenters. The van der Waals surface area contributed by atoms with Crippen molar-refractivity contribution in [3.63, 3.8) is 0 Å². The third-order valence-corrected chi connectivity index (χ3v) is 4.44. The summed E-state index contributed by atoms with van der Waals surface area (Å²) in [5.74, 6) is -0.768. The largest absolute Gasteiger partial charge is 0.386 e. The van der Waals surface area contributed by atoms with Crippen LogP contribution in [0.15, 0.2) is 42.5 Å². The molecule has 0 fully saturated rings. The molecular weight excluding hydrogens is 264 g/mol. The number of aryl methyl sites for hydroxylation is 1. The first-order valence-electron chi connectivity index (χ1n) is 7.22. The zero-order valence-electron chi connectivity index (χ0n) is 11.5. The zero-order valence-corrected chi connectivity index (χ0v) is 11.5. The fraction of sp³-hybridized carbons (Fsp3) is 0.222. The van der Waals surface area contributed by atoms with E-state index in [2.05, 4.69) is 29.0 Å². The van der Waals surface area contributed by atoms with E-state index in [0.717, 1.165) is 24.8 Å². The maximum atomic E-state index is 11.7. The minimum absolute atomic E-state index is 0.295. The molecule has 3 heteroatoms. The maximum Gasteiger partial charge on any atom is 0.346 e. The fourth-order valence-corrected chi connectivity index (χ4v) is 3.42. The summed E-state index contributed by atoms with van der Waals surface area (Å²) in [5.41, 5.74) is 4.59. The van der Waals surface area contributed by atoms with Gasteiger partial charge < -0.3 is 4.74 Å². The highest BCUT2D eigenvalue weighted by Crippen LogP contribution is 2.37. The van der Waals surface area contributed by atoms with Gasteiger partial charge in [-0.25, -0.2) is 9.59 Å². The van der Waals surface area contributed by atoms with E-state index < -0.39 is 11.9 Å². The fourth-order valence-electron chi connectivity index (χ4n) is 3.42. The number of carbonyl (C=O) groups excluding carboxylic acids is 2. The maximum absolute atomic E-state index is 11.7. The highest BCUT2D eigenvalue weighted by molar-refractivity contribution is 6.14. The molecule has 21 heavy (non-hydrogen) atoms. The smallest absolute Gasteiger partial charge is 0.346 e. The molecule has 1 unspecified atom stereocenters. The second kappa shape index (κ2) is 4.55. The molecule has 0 saturated heterocycles. The van der Waals surface area contributed by atoms with Crippen LogP contribution < -0.4 is 0 Å². The van der Waals surface area contributed by atoms with E-state index in [0.29, 0.717) is 17.0 Å². The van der Waals surface area contributed by atoms with E-state index >= 15 is 0 Å². The molecule has 0 bridgehead atoms. The minimum Gasteiger partial charge on any atom is -0.386 e. The van der Waals surface area contributed by atoms with Gasteiger partial charge in [-0.3, -0.25) is 0 Å². The lowest BCUT2D eigenvalue weighted by molar-refractivity contribution is 0.0444. The molecule has 3 nitrogen and oxygen atoms in total. The summed E-state index contributed by atoms with van der Waals surface area (Å²) in [4.78, 5) is 23.2. The first-order chi connectivity index (χ1) is 10.2. The summed E-state index contributed by atoms with van der Waals surface area (Å²) in [5, 5.41) is 0. The Hall–Kier alpha value is -2.42. The van der Waals surface area contributed by atoms with E-state index in [1.807, 2.05) is 12.1 Å². The number of ether oxygens (including phenoxy) is 1. The second-order valence-corrected chi connectivity index (χ2v) is 5.63. The van der Waals surface area contributed by atoms with E-state index in [1.165, 1.54) is 11.1 Å². The van der Waals surface area contributed by atoms with Gasteiger partial charge in [-0.05, 0) is 48.1 Å². The van der Waals surface area contributed by atoms with Crippen LogP contribution in [0.25, 0.3) is 0 Å². The monoisotopic (exact) mass is 278 g/mol. The Bertz CT molecular complexity index is 761. The Morgan fingerprint density at radius 1 is 0.952 bits per heavy atom. The van der Waals surface area contributed by atoms with Crippen LogP contribution in [-0.4, -0.2) is 11.9 Å². The first kappa shape index (κ1) is 12.3. The predicted octanol–water partition coefficient (Wildman–Crippen LogP) is 3.47. The summed E-state index contributed by atoms with van der Waals surface area (Å²) < 4.78 is 4.67. The quantitative estimate of drug-likeness (QED) is 0.592. The summed E-state index contributed by atoms with van der Waals surface area (Å²) in [6.45, 7) is 0. The number of hydrogen-bond acceptors (Lipinski definition) is 3. The van der Waals surface area contributed by atoms with Crippen LogP contribution in [-0.2, 0) is 11.2 Å². The van der Waals surface area contributed by atoms with Gasteiger partial charge >= 0.3 is 11.9 Å². The Morgan fingerprint density at radius 2 is 1.76 bits per heavy atom. The van der Waals surface area contributed by atoms with Crippen molar-refractivity contribution in [1.29, 1.82) is 0 Å². The molecule has 104 valence electrons. The highest BCUT2D eigenvalue weighted by atomic mass is 16.6. The number of cyclic esters (lactones) is 2. The molecule has 2 aromatic rings.